The first-order valence-electron chi connectivity index (χ1n) is 5.65. The molecule has 0 aliphatic rings. The second-order valence-corrected chi connectivity index (χ2v) is 4.02. The molecule has 0 aliphatic heterocycles. The number of benzene rings is 1. The van der Waals surface area contributed by atoms with Gasteiger partial charge in [-0.15, -0.1) is 0 Å². The van der Waals surface area contributed by atoms with Crippen molar-refractivity contribution in [2.45, 2.75) is 25.9 Å². The summed E-state index contributed by atoms with van der Waals surface area (Å²) in [6, 6.07) is 6.15. The molecule has 96 valence electrons. The highest BCUT2D eigenvalue weighted by molar-refractivity contribution is 5.58. The lowest BCUT2D eigenvalue weighted by atomic mass is 10.1. The molecule has 0 amide bonds. The van der Waals surface area contributed by atoms with Crippen molar-refractivity contribution >= 4 is 11.4 Å². The van der Waals surface area contributed by atoms with Crippen molar-refractivity contribution in [2.75, 3.05) is 11.9 Å². The molecule has 0 heterocycles. The highest BCUT2D eigenvalue weighted by atomic mass is 16.6. The largest absolute Gasteiger partial charge is 0.393 e. The maximum atomic E-state index is 10.6. The summed E-state index contributed by atoms with van der Waals surface area (Å²) in [4.78, 5) is 10.1. The SMILES string of the molecule is CC(O)CCCNc1ccc([N+](=O)[O-])c(C#N)c1. The fraction of sp³-hybridized carbons (Fsp3) is 0.417. The van der Waals surface area contributed by atoms with E-state index in [1.807, 2.05) is 0 Å². The normalized spacial score (nSPS) is 11.6. The van der Waals surface area contributed by atoms with E-state index >= 15 is 0 Å². The van der Waals surface area contributed by atoms with Crippen molar-refractivity contribution in [3.8, 4) is 6.07 Å². The molecule has 18 heavy (non-hydrogen) atoms. The van der Waals surface area contributed by atoms with Gasteiger partial charge in [0.25, 0.3) is 5.69 Å². The Morgan fingerprint density at radius 1 is 1.61 bits per heavy atom. The van der Waals surface area contributed by atoms with Crippen molar-refractivity contribution in [2.24, 2.45) is 0 Å². The number of nitro benzene ring substituents is 1. The first-order valence-corrected chi connectivity index (χ1v) is 5.65. The van der Waals surface area contributed by atoms with Crippen LogP contribution in [-0.4, -0.2) is 22.7 Å². The van der Waals surface area contributed by atoms with E-state index in [0.29, 0.717) is 18.7 Å². The van der Waals surface area contributed by atoms with E-state index in [0.717, 1.165) is 6.42 Å². The van der Waals surface area contributed by atoms with Crippen LogP contribution in [0, 0.1) is 21.4 Å². The van der Waals surface area contributed by atoms with Gasteiger partial charge in [-0.05, 0) is 31.9 Å². The fourth-order valence-corrected chi connectivity index (χ4v) is 1.52. The highest BCUT2D eigenvalue weighted by Crippen LogP contribution is 2.21. The standard InChI is InChI=1S/C12H15N3O3/c1-9(16)3-2-6-14-11-4-5-12(15(17)18)10(7-11)8-13/h4-5,7,9,14,16H,2-3,6H2,1H3. The molecular formula is C12H15N3O3. The number of hydrogen-bond donors (Lipinski definition) is 2. The molecule has 0 aromatic heterocycles. The number of nitriles is 1. The van der Waals surface area contributed by atoms with Crippen LogP contribution in [-0.2, 0) is 0 Å². The summed E-state index contributed by atoms with van der Waals surface area (Å²) < 4.78 is 0. The van der Waals surface area contributed by atoms with Gasteiger partial charge in [0.05, 0.1) is 11.0 Å². The third-order valence-electron chi connectivity index (χ3n) is 2.44. The second kappa shape index (κ2) is 6.57. The Morgan fingerprint density at radius 2 is 2.33 bits per heavy atom. The minimum atomic E-state index is -0.574. The first-order chi connectivity index (χ1) is 8.54. The molecule has 1 unspecified atom stereocenters. The summed E-state index contributed by atoms with van der Waals surface area (Å²) in [7, 11) is 0. The summed E-state index contributed by atoms with van der Waals surface area (Å²) in [6.45, 7) is 2.37. The number of nitrogens with zero attached hydrogens (tertiary/aromatic N) is 2. The van der Waals surface area contributed by atoms with Crippen molar-refractivity contribution in [1.29, 1.82) is 5.26 Å². The zero-order chi connectivity index (χ0) is 13.5. The van der Waals surface area contributed by atoms with E-state index in [1.165, 1.54) is 12.1 Å². The predicted octanol–water partition coefficient (Wildman–Crippen LogP) is 2.04. The summed E-state index contributed by atoms with van der Waals surface area (Å²) in [5.41, 5.74) is 0.523. The van der Waals surface area contributed by atoms with Gasteiger partial charge in [-0.1, -0.05) is 0 Å². The van der Waals surface area contributed by atoms with Crippen molar-refractivity contribution in [3.05, 3.63) is 33.9 Å². The molecule has 6 heteroatoms. The van der Waals surface area contributed by atoms with Crippen LogP contribution in [0.25, 0.3) is 0 Å². The van der Waals surface area contributed by atoms with Crippen molar-refractivity contribution in [3.63, 3.8) is 0 Å². The Kier molecular flexibility index (Phi) is 5.08. The number of anilines is 1. The molecule has 0 saturated heterocycles. The lowest BCUT2D eigenvalue weighted by Gasteiger charge is -2.07. The lowest BCUT2D eigenvalue weighted by molar-refractivity contribution is -0.385. The molecular weight excluding hydrogens is 234 g/mol. The molecule has 2 N–H and O–H groups in total. The monoisotopic (exact) mass is 249 g/mol. The number of aliphatic hydroxyl groups excluding tert-OH is 1. The van der Waals surface area contributed by atoms with Gasteiger partial charge in [-0.3, -0.25) is 10.1 Å². The van der Waals surface area contributed by atoms with Gasteiger partial charge in [-0.25, -0.2) is 0 Å². The van der Waals surface area contributed by atoms with E-state index in [2.05, 4.69) is 5.32 Å². The third-order valence-corrected chi connectivity index (χ3v) is 2.44. The Morgan fingerprint density at radius 3 is 2.89 bits per heavy atom. The van der Waals surface area contributed by atoms with E-state index in [-0.39, 0.29) is 17.4 Å². The zero-order valence-electron chi connectivity index (χ0n) is 10.1. The first kappa shape index (κ1) is 13.9. The third kappa shape index (κ3) is 4.03. The molecule has 1 rings (SSSR count). The van der Waals surface area contributed by atoms with Crippen LogP contribution < -0.4 is 5.32 Å². The minimum Gasteiger partial charge on any atom is -0.393 e. The van der Waals surface area contributed by atoms with Gasteiger partial charge >= 0.3 is 0 Å². The molecule has 0 fully saturated rings. The number of nitro groups is 1. The maximum absolute atomic E-state index is 10.6. The number of hydrogen-bond acceptors (Lipinski definition) is 5. The molecule has 0 aliphatic carbocycles. The van der Waals surface area contributed by atoms with Crippen molar-refractivity contribution < 1.29 is 10.0 Å². The van der Waals surface area contributed by atoms with Crippen LogP contribution >= 0.6 is 0 Å². The fourth-order valence-electron chi connectivity index (χ4n) is 1.52. The summed E-state index contributed by atoms with van der Waals surface area (Å²) in [6.07, 6.45) is 1.14. The second-order valence-electron chi connectivity index (χ2n) is 4.02. The predicted molar refractivity (Wildman–Crippen MR) is 67.2 cm³/mol. The molecule has 1 atom stereocenters. The smallest absolute Gasteiger partial charge is 0.287 e. The minimum absolute atomic E-state index is 0.0422. The van der Waals surface area contributed by atoms with Gasteiger partial charge < -0.3 is 10.4 Å². The van der Waals surface area contributed by atoms with Crippen LogP contribution in [0.4, 0.5) is 11.4 Å². The summed E-state index contributed by atoms with van der Waals surface area (Å²) in [5.74, 6) is 0. The number of rotatable bonds is 6. The van der Waals surface area contributed by atoms with Crippen molar-refractivity contribution in [1.82, 2.24) is 0 Å². The highest BCUT2D eigenvalue weighted by Gasteiger charge is 2.13. The quantitative estimate of drug-likeness (QED) is 0.456. The lowest BCUT2D eigenvalue weighted by Crippen LogP contribution is -2.06. The van der Waals surface area contributed by atoms with Gasteiger partial charge in [-0.2, -0.15) is 5.26 Å². The van der Waals surface area contributed by atoms with Gasteiger partial charge in [0.2, 0.25) is 0 Å². The van der Waals surface area contributed by atoms with Gasteiger partial charge in [0, 0.05) is 18.3 Å². The van der Waals surface area contributed by atoms with Gasteiger partial charge in [0.1, 0.15) is 11.6 Å². The Hall–Kier alpha value is -2.13. The molecule has 0 spiro atoms. The zero-order valence-corrected chi connectivity index (χ0v) is 10.1. The van der Waals surface area contributed by atoms with Crippen LogP contribution in [0.2, 0.25) is 0 Å². The maximum Gasteiger partial charge on any atom is 0.287 e. The van der Waals surface area contributed by atoms with Crippen LogP contribution in [0.1, 0.15) is 25.3 Å². The topological polar surface area (TPSA) is 99.2 Å². The summed E-state index contributed by atoms with van der Waals surface area (Å²) in [5, 5.41) is 31.6. The Bertz CT molecular complexity index is 466. The molecule has 0 bridgehead atoms. The van der Waals surface area contributed by atoms with E-state index in [9.17, 15) is 10.1 Å². The molecule has 0 saturated carbocycles. The number of nitrogens with one attached hydrogen (secondary N) is 1. The van der Waals surface area contributed by atoms with Crippen LogP contribution in [0.15, 0.2) is 18.2 Å². The molecule has 1 aromatic rings. The average Bonchev–Trinajstić information content (AvgIpc) is 2.33. The molecule has 6 nitrogen and oxygen atoms in total. The van der Waals surface area contributed by atoms with E-state index < -0.39 is 4.92 Å². The van der Waals surface area contributed by atoms with Gasteiger partial charge in [0.15, 0.2) is 0 Å². The Labute approximate surface area is 105 Å². The van der Waals surface area contributed by atoms with Crippen LogP contribution in [0.3, 0.4) is 0 Å². The Balaban J connectivity index is 2.63. The summed E-state index contributed by atoms with van der Waals surface area (Å²) >= 11 is 0. The average molecular weight is 249 g/mol. The van der Waals surface area contributed by atoms with E-state index in [4.69, 9.17) is 10.4 Å². The van der Waals surface area contributed by atoms with E-state index in [1.54, 1.807) is 19.1 Å². The number of aliphatic hydroxyl groups is 1. The molecule has 0 radical (unpaired) electrons. The molecule has 1 aromatic carbocycles. The van der Waals surface area contributed by atoms with Crippen LogP contribution in [0.5, 0.6) is 0 Å².